The molecule has 1 unspecified atom stereocenters. The fourth-order valence-electron chi connectivity index (χ4n) is 4.59. The van der Waals surface area contributed by atoms with E-state index in [0.29, 0.717) is 12.8 Å². The zero-order valence-electron chi connectivity index (χ0n) is 24.9. The van der Waals surface area contributed by atoms with Gasteiger partial charge >= 0.3 is 11.9 Å². The van der Waals surface area contributed by atoms with E-state index >= 15 is 0 Å². The second-order valence-electron chi connectivity index (χ2n) is 11.1. The van der Waals surface area contributed by atoms with Crippen LogP contribution in [-0.2, 0) is 19.1 Å². The van der Waals surface area contributed by atoms with Gasteiger partial charge in [-0.05, 0) is 18.8 Å². The summed E-state index contributed by atoms with van der Waals surface area (Å²) in [4.78, 5) is 23.8. The largest absolute Gasteiger partial charge is 0.462 e. The molecule has 0 spiro atoms. The molecular formula is C32H62O5. The SMILES string of the molecule is CCCCCCCC(=O)OC[C@H](CO)OC(=O)CCCCCCCCCCCCCCCCC(C)CC. The van der Waals surface area contributed by atoms with Crippen LogP contribution < -0.4 is 0 Å². The highest BCUT2D eigenvalue weighted by molar-refractivity contribution is 5.70. The van der Waals surface area contributed by atoms with Crippen LogP contribution in [0.2, 0.25) is 0 Å². The second-order valence-corrected chi connectivity index (χ2v) is 11.1. The molecule has 0 saturated heterocycles. The predicted molar refractivity (Wildman–Crippen MR) is 155 cm³/mol. The van der Waals surface area contributed by atoms with Gasteiger partial charge in [0.25, 0.3) is 0 Å². The number of aliphatic hydroxyl groups is 1. The van der Waals surface area contributed by atoms with E-state index < -0.39 is 6.10 Å². The van der Waals surface area contributed by atoms with Crippen LogP contribution in [0.25, 0.3) is 0 Å². The van der Waals surface area contributed by atoms with Crippen LogP contribution >= 0.6 is 0 Å². The van der Waals surface area contributed by atoms with Crippen molar-refractivity contribution in [3.63, 3.8) is 0 Å². The predicted octanol–water partition coefficient (Wildman–Crippen LogP) is 9.08. The van der Waals surface area contributed by atoms with Crippen LogP contribution in [0.4, 0.5) is 0 Å². The standard InChI is InChI=1S/C32H62O5/c1-4-6-7-18-22-25-31(34)36-28-30(27-33)37-32(35)26-23-20-17-15-13-11-9-8-10-12-14-16-19-21-24-29(3)5-2/h29-30,33H,4-28H2,1-3H3/t29?,30-/m0/s1. The van der Waals surface area contributed by atoms with Crippen molar-refractivity contribution in [1.29, 1.82) is 0 Å². The van der Waals surface area contributed by atoms with Crippen LogP contribution in [0.1, 0.15) is 168 Å². The molecule has 0 saturated carbocycles. The Morgan fingerprint density at radius 1 is 0.622 bits per heavy atom. The van der Waals surface area contributed by atoms with Gasteiger partial charge in [-0.3, -0.25) is 9.59 Å². The molecule has 220 valence electrons. The molecule has 0 fully saturated rings. The van der Waals surface area contributed by atoms with Crippen LogP contribution in [0.15, 0.2) is 0 Å². The lowest BCUT2D eigenvalue weighted by atomic mass is 9.99. The number of carbonyl (C=O) groups is 2. The average Bonchev–Trinajstić information content (AvgIpc) is 2.90. The summed E-state index contributed by atoms with van der Waals surface area (Å²) in [7, 11) is 0. The van der Waals surface area contributed by atoms with Crippen molar-refractivity contribution in [1.82, 2.24) is 0 Å². The molecule has 0 amide bonds. The van der Waals surface area contributed by atoms with Crippen molar-refractivity contribution in [2.45, 2.75) is 175 Å². The highest BCUT2D eigenvalue weighted by Crippen LogP contribution is 2.16. The third kappa shape index (κ3) is 26.3. The summed E-state index contributed by atoms with van der Waals surface area (Å²) in [6.07, 6.45) is 26.1. The maximum absolute atomic E-state index is 12.0. The van der Waals surface area contributed by atoms with Crippen molar-refractivity contribution < 1.29 is 24.2 Å². The Morgan fingerprint density at radius 2 is 1.05 bits per heavy atom. The van der Waals surface area contributed by atoms with Crippen LogP contribution in [-0.4, -0.2) is 36.4 Å². The van der Waals surface area contributed by atoms with Crippen LogP contribution in [0.3, 0.4) is 0 Å². The molecule has 5 nitrogen and oxygen atoms in total. The highest BCUT2D eigenvalue weighted by atomic mass is 16.6. The molecule has 0 aromatic heterocycles. The van der Waals surface area contributed by atoms with Gasteiger partial charge in [0.05, 0.1) is 6.61 Å². The number of hydrogen-bond donors (Lipinski definition) is 1. The van der Waals surface area contributed by atoms with Gasteiger partial charge in [-0.2, -0.15) is 0 Å². The van der Waals surface area contributed by atoms with Gasteiger partial charge < -0.3 is 14.6 Å². The van der Waals surface area contributed by atoms with E-state index in [1.54, 1.807) is 0 Å². The smallest absolute Gasteiger partial charge is 0.306 e. The summed E-state index contributed by atoms with van der Waals surface area (Å²) in [5.41, 5.74) is 0. The lowest BCUT2D eigenvalue weighted by Crippen LogP contribution is -2.28. The molecular weight excluding hydrogens is 464 g/mol. The summed E-state index contributed by atoms with van der Waals surface area (Å²) in [5.74, 6) is 0.305. The Hall–Kier alpha value is -1.10. The van der Waals surface area contributed by atoms with Gasteiger partial charge in [-0.15, -0.1) is 0 Å². The van der Waals surface area contributed by atoms with E-state index in [9.17, 15) is 14.7 Å². The molecule has 0 radical (unpaired) electrons. The van der Waals surface area contributed by atoms with Gasteiger partial charge in [0.1, 0.15) is 6.61 Å². The second kappa shape index (κ2) is 27.9. The summed E-state index contributed by atoms with van der Waals surface area (Å²) in [6, 6.07) is 0. The molecule has 5 heteroatoms. The Morgan fingerprint density at radius 3 is 1.51 bits per heavy atom. The molecule has 1 N–H and O–H groups in total. The Bertz CT molecular complexity index is 507. The number of aliphatic hydroxyl groups excluding tert-OH is 1. The lowest BCUT2D eigenvalue weighted by molar-refractivity contribution is -0.161. The zero-order valence-corrected chi connectivity index (χ0v) is 24.9. The van der Waals surface area contributed by atoms with Crippen LogP contribution in [0, 0.1) is 5.92 Å². The first-order valence-electron chi connectivity index (χ1n) is 16.0. The van der Waals surface area contributed by atoms with E-state index in [1.165, 1.54) is 96.3 Å². The molecule has 0 aliphatic heterocycles. The number of unbranched alkanes of at least 4 members (excludes halogenated alkanes) is 17. The first-order chi connectivity index (χ1) is 18.0. The van der Waals surface area contributed by atoms with E-state index in [2.05, 4.69) is 20.8 Å². The minimum Gasteiger partial charge on any atom is -0.462 e. The first-order valence-corrected chi connectivity index (χ1v) is 16.0. The molecule has 2 atom stereocenters. The monoisotopic (exact) mass is 526 g/mol. The number of carbonyl (C=O) groups excluding carboxylic acids is 2. The van der Waals surface area contributed by atoms with Crippen molar-refractivity contribution in [3.05, 3.63) is 0 Å². The first kappa shape index (κ1) is 35.9. The number of esters is 2. The Labute approximate surface area is 229 Å². The molecule has 0 aromatic carbocycles. The average molecular weight is 527 g/mol. The van der Waals surface area contributed by atoms with Crippen molar-refractivity contribution in [2.24, 2.45) is 5.92 Å². The van der Waals surface area contributed by atoms with E-state index in [4.69, 9.17) is 9.47 Å². The Kier molecular flexibility index (Phi) is 27.1. The molecule has 0 aliphatic rings. The van der Waals surface area contributed by atoms with E-state index in [0.717, 1.165) is 44.4 Å². The maximum atomic E-state index is 12.0. The van der Waals surface area contributed by atoms with E-state index in [-0.39, 0.29) is 25.2 Å². The molecule has 37 heavy (non-hydrogen) atoms. The third-order valence-electron chi connectivity index (χ3n) is 7.44. The summed E-state index contributed by atoms with van der Waals surface area (Å²) >= 11 is 0. The Balaban J connectivity index is 3.48. The van der Waals surface area contributed by atoms with Gasteiger partial charge in [0.15, 0.2) is 6.10 Å². The summed E-state index contributed by atoms with van der Waals surface area (Å²) < 4.78 is 10.4. The highest BCUT2D eigenvalue weighted by Gasteiger charge is 2.16. The third-order valence-corrected chi connectivity index (χ3v) is 7.44. The number of ether oxygens (including phenoxy) is 2. The summed E-state index contributed by atoms with van der Waals surface area (Å²) in [5, 5.41) is 9.42. The fourth-order valence-corrected chi connectivity index (χ4v) is 4.59. The molecule has 0 bridgehead atoms. The molecule has 0 heterocycles. The quantitative estimate of drug-likeness (QED) is 0.0813. The summed E-state index contributed by atoms with van der Waals surface area (Å²) in [6.45, 7) is 6.43. The fraction of sp³-hybridized carbons (Fsp3) is 0.938. The lowest BCUT2D eigenvalue weighted by Gasteiger charge is -2.15. The number of hydrogen-bond acceptors (Lipinski definition) is 5. The minimum atomic E-state index is -0.758. The zero-order chi connectivity index (χ0) is 27.4. The molecule has 0 rings (SSSR count). The van der Waals surface area contributed by atoms with Crippen molar-refractivity contribution >= 4 is 11.9 Å². The van der Waals surface area contributed by atoms with Gasteiger partial charge in [-0.1, -0.05) is 143 Å². The maximum Gasteiger partial charge on any atom is 0.306 e. The van der Waals surface area contributed by atoms with E-state index in [1.807, 2.05) is 0 Å². The van der Waals surface area contributed by atoms with Crippen molar-refractivity contribution in [3.8, 4) is 0 Å². The number of rotatable bonds is 28. The van der Waals surface area contributed by atoms with Crippen molar-refractivity contribution in [2.75, 3.05) is 13.2 Å². The van der Waals surface area contributed by atoms with Crippen LogP contribution in [0.5, 0.6) is 0 Å². The minimum absolute atomic E-state index is 0.0611. The molecule has 0 aromatic rings. The topological polar surface area (TPSA) is 72.8 Å². The van der Waals surface area contributed by atoms with Gasteiger partial charge in [-0.25, -0.2) is 0 Å². The molecule has 0 aliphatic carbocycles. The normalized spacial score (nSPS) is 12.9. The van der Waals surface area contributed by atoms with Gasteiger partial charge in [0, 0.05) is 12.8 Å². The van der Waals surface area contributed by atoms with Gasteiger partial charge in [0.2, 0.25) is 0 Å².